The summed E-state index contributed by atoms with van der Waals surface area (Å²) in [7, 11) is 3.36. The molecule has 2 aromatic rings. The van der Waals surface area contributed by atoms with Crippen LogP contribution >= 0.6 is 0 Å². The van der Waals surface area contributed by atoms with Gasteiger partial charge in [0.15, 0.2) is 6.61 Å². The van der Waals surface area contributed by atoms with Crippen LogP contribution in [0.1, 0.15) is 18.1 Å². The van der Waals surface area contributed by atoms with Gasteiger partial charge in [0.05, 0.1) is 0 Å². The van der Waals surface area contributed by atoms with Gasteiger partial charge in [0, 0.05) is 26.3 Å². The van der Waals surface area contributed by atoms with Gasteiger partial charge in [0.25, 0.3) is 5.91 Å². The molecule has 6 heteroatoms. The number of hydrogen-bond acceptors (Lipinski definition) is 3. The highest BCUT2D eigenvalue weighted by Gasteiger charge is 2.06. The van der Waals surface area contributed by atoms with Gasteiger partial charge < -0.3 is 20.3 Å². The van der Waals surface area contributed by atoms with Gasteiger partial charge in [-0.25, -0.2) is 4.79 Å². The van der Waals surface area contributed by atoms with E-state index < -0.39 is 0 Å². The Morgan fingerprint density at radius 1 is 1.04 bits per heavy atom. The molecule has 0 heterocycles. The van der Waals surface area contributed by atoms with Crippen molar-refractivity contribution in [1.29, 1.82) is 0 Å². The Kier molecular flexibility index (Phi) is 7.02. The molecule has 0 aromatic heterocycles. The van der Waals surface area contributed by atoms with Crippen molar-refractivity contribution >= 4 is 17.6 Å². The first kappa shape index (κ1) is 19.3. The second-order valence-corrected chi connectivity index (χ2v) is 6.08. The van der Waals surface area contributed by atoms with E-state index in [2.05, 4.69) is 17.6 Å². The summed E-state index contributed by atoms with van der Waals surface area (Å²) >= 11 is 0. The highest BCUT2D eigenvalue weighted by Crippen LogP contribution is 2.14. The summed E-state index contributed by atoms with van der Waals surface area (Å²) in [6, 6.07) is 14.8. The first-order valence-electron chi connectivity index (χ1n) is 8.53. The van der Waals surface area contributed by atoms with Crippen LogP contribution in [0.4, 0.5) is 10.5 Å². The zero-order chi connectivity index (χ0) is 18.9. The fraction of sp³-hybridized carbons (Fsp3) is 0.300. The van der Waals surface area contributed by atoms with Crippen molar-refractivity contribution in [3.05, 3.63) is 59.7 Å². The number of carbonyl (C=O) groups excluding carboxylic acids is 2. The van der Waals surface area contributed by atoms with Gasteiger partial charge in [-0.1, -0.05) is 31.2 Å². The van der Waals surface area contributed by atoms with Gasteiger partial charge in [-0.2, -0.15) is 0 Å². The van der Waals surface area contributed by atoms with E-state index in [0.29, 0.717) is 12.3 Å². The lowest BCUT2D eigenvalue weighted by atomic mass is 10.1. The topological polar surface area (TPSA) is 70.7 Å². The lowest BCUT2D eigenvalue weighted by Crippen LogP contribution is -2.28. The summed E-state index contributed by atoms with van der Waals surface area (Å²) in [6.07, 6.45) is 0.963. The minimum Gasteiger partial charge on any atom is -0.484 e. The molecule has 0 aliphatic carbocycles. The Morgan fingerprint density at radius 2 is 1.77 bits per heavy atom. The predicted molar refractivity (Wildman–Crippen MR) is 102 cm³/mol. The Labute approximate surface area is 154 Å². The number of anilines is 1. The molecule has 0 atom stereocenters. The van der Waals surface area contributed by atoms with Crippen molar-refractivity contribution < 1.29 is 14.3 Å². The SMILES string of the molecule is CCc1ccc(NC(=O)NCc2cccc(OCC(=O)N(C)C)c2)cc1. The van der Waals surface area contributed by atoms with Crippen molar-refractivity contribution in [1.82, 2.24) is 10.2 Å². The Morgan fingerprint density at radius 3 is 2.42 bits per heavy atom. The third-order valence-corrected chi connectivity index (χ3v) is 3.83. The monoisotopic (exact) mass is 355 g/mol. The summed E-state index contributed by atoms with van der Waals surface area (Å²) in [4.78, 5) is 25.1. The fourth-order valence-electron chi connectivity index (χ4n) is 2.20. The van der Waals surface area contributed by atoms with Crippen molar-refractivity contribution in [3.8, 4) is 5.75 Å². The summed E-state index contributed by atoms with van der Waals surface area (Å²) in [5.41, 5.74) is 2.86. The van der Waals surface area contributed by atoms with Crippen LogP contribution in [-0.4, -0.2) is 37.5 Å². The Hall–Kier alpha value is -3.02. The molecule has 0 spiro atoms. The molecule has 0 saturated heterocycles. The van der Waals surface area contributed by atoms with Crippen LogP contribution in [0.3, 0.4) is 0 Å². The van der Waals surface area contributed by atoms with Crippen LogP contribution in [0.5, 0.6) is 5.75 Å². The van der Waals surface area contributed by atoms with Crippen LogP contribution in [0.2, 0.25) is 0 Å². The molecule has 0 aliphatic heterocycles. The van der Waals surface area contributed by atoms with Gasteiger partial charge >= 0.3 is 6.03 Å². The maximum atomic E-state index is 12.0. The fourth-order valence-corrected chi connectivity index (χ4v) is 2.20. The molecule has 0 unspecified atom stereocenters. The molecule has 6 nitrogen and oxygen atoms in total. The van der Waals surface area contributed by atoms with Crippen LogP contribution in [0.15, 0.2) is 48.5 Å². The lowest BCUT2D eigenvalue weighted by Gasteiger charge is -2.12. The van der Waals surface area contributed by atoms with Crippen molar-refractivity contribution in [2.45, 2.75) is 19.9 Å². The van der Waals surface area contributed by atoms with Crippen molar-refractivity contribution in [3.63, 3.8) is 0 Å². The highest BCUT2D eigenvalue weighted by molar-refractivity contribution is 5.89. The molecular weight excluding hydrogens is 330 g/mol. The second-order valence-electron chi connectivity index (χ2n) is 6.08. The number of urea groups is 1. The van der Waals surface area contributed by atoms with Gasteiger partial charge in [-0.15, -0.1) is 0 Å². The predicted octanol–water partition coefficient (Wildman–Crippen LogP) is 3.04. The van der Waals surface area contributed by atoms with E-state index in [1.807, 2.05) is 36.4 Å². The summed E-state index contributed by atoms with van der Waals surface area (Å²) in [6.45, 7) is 2.43. The van der Waals surface area contributed by atoms with Gasteiger partial charge in [0.2, 0.25) is 0 Å². The summed E-state index contributed by atoms with van der Waals surface area (Å²) < 4.78 is 5.47. The Bertz CT molecular complexity index is 742. The smallest absolute Gasteiger partial charge is 0.319 e. The van der Waals surface area contributed by atoms with Gasteiger partial charge in [-0.05, 0) is 41.8 Å². The molecule has 2 N–H and O–H groups in total. The average molecular weight is 355 g/mol. The molecule has 0 bridgehead atoms. The molecule has 26 heavy (non-hydrogen) atoms. The normalized spacial score (nSPS) is 10.1. The molecule has 0 saturated carbocycles. The quantitative estimate of drug-likeness (QED) is 0.802. The third-order valence-electron chi connectivity index (χ3n) is 3.83. The largest absolute Gasteiger partial charge is 0.484 e. The van der Waals surface area contributed by atoms with Crippen molar-refractivity contribution in [2.24, 2.45) is 0 Å². The number of benzene rings is 2. The van der Waals surface area contributed by atoms with Crippen LogP contribution in [0, 0.1) is 0 Å². The first-order chi connectivity index (χ1) is 12.5. The molecule has 0 fully saturated rings. The standard InChI is InChI=1S/C20H25N3O3/c1-4-15-8-10-17(11-9-15)22-20(25)21-13-16-6-5-7-18(12-16)26-14-19(24)23(2)3/h5-12H,4,13-14H2,1-3H3,(H2,21,22,25). The minimum absolute atomic E-state index is 0.0158. The van der Waals surface area contributed by atoms with Crippen LogP contribution < -0.4 is 15.4 Å². The molecule has 2 aromatic carbocycles. The number of nitrogens with one attached hydrogen (secondary N) is 2. The number of likely N-dealkylation sites (N-methyl/N-ethyl adjacent to an activating group) is 1. The summed E-state index contributed by atoms with van der Waals surface area (Å²) in [5, 5.41) is 5.60. The third kappa shape index (κ3) is 6.12. The number of hydrogen-bond donors (Lipinski definition) is 2. The molecule has 0 radical (unpaired) electrons. The van der Waals surface area contributed by atoms with Crippen molar-refractivity contribution in [2.75, 3.05) is 26.0 Å². The minimum atomic E-state index is -0.275. The maximum absolute atomic E-state index is 12.0. The van der Waals surface area contributed by atoms with E-state index in [9.17, 15) is 9.59 Å². The maximum Gasteiger partial charge on any atom is 0.319 e. The van der Waals surface area contributed by atoms with Crippen LogP contribution in [0.25, 0.3) is 0 Å². The number of ether oxygens (including phenoxy) is 1. The van der Waals surface area contributed by atoms with E-state index in [-0.39, 0.29) is 18.5 Å². The molecule has 2 rings (SSSR count). The molecule has 3 amide bonds. The second kappa shape index (κ2) is 9.46. The number of rotatable bonds is 7. The van der Waals surface area contributed by atoms with E-state index in [1.54, 1.807) is 26.2 Å². The van der Waals surface area contributed by atoms with Crippen LogP contribution in [-0.2, 0) is 17.8 Å². The molecular formula is C20H25N3O3. The number of carbonyl (C=O) groups is 2. The highest BCUT2D eigenvalue weighted by atomic mass is 16.5. The zero-order valence-electron chi connectivity index (χ0n) is 15.4. The summed E-state index contributed by atoms with van der Waals surface area (Å²) in [5.74, 6) is 0.483. The van der Waals surface area contributed by atoms with E-state index in [0.717, 1.165) is 17.7 Å². The molecule has 138 valence electrons. The number of nitrogens with zero attached hydrogens (tertiary/aromatic N) is 1. The number of amides is 3. The van der Waals surface area contributed by atoms with E-state index in [4.69, 9.17) is 4.74 Å². The lowest BCUT2D eigenvalue weighted by molar-refractivity contribution is -0.130. The molecule has 0 aliphatic rings. The average Bonchev–Trinajstić information content (AvgIpc) is 2.65. The Balaban J connectivity index is 1.83. The van der Waals surface area contributed by atoms with E-state index in [1.165, 1.54) is 10.5 Å². The number of aryl methyl sites for hydroxylation is 1. The first-order valence-corrected chi connectivity index (χ1v) is 8.53. The van der Waals surface area contributed by atoms with Gasteiger partial charge in [0.1, 0.15) is 5.75 Å². The van der Waals surface area contributed by atoms with E-state index >= 15 is 0 Å². The van der Waals surface area contributed by atoms with Gasteiger partial charge in [-0.3, -0.25) is 4.79 Å². The zero-order valence-corrected chi connectivity index (χ0v) is 15.4.